The van der Waals surface area contributed by atoms with Crippen LogP contribution in [0.2, 0.25) is 0 Å². The number of nitrogens with one attached hydrogen (secondary N) is 2. The number of carbonyl (C=O) groups excluding carboxylic acids is 2. The third-order valence-electron chi connectivity index (χ3n) is 3.57. The van der Waals surface area contributed by atoms with E-state index < -0.39 is 0 Å². The maximum absolute atomic E-state index is 12.1. The van der Waals surface area contributed by atoms with Crippen LogP contribution in [0.5, 0.6) is 0 Å². The van der Waals surface area contributed by atoms with E-state index in [0.717, 1.165) is 12.8 Å². The molecule has 1 unspecified atom stereocenters. The monoisotopic (exact) mass is 264 g/mol. The number of carbonyl (C=O) groups is 2. The van der Waals surface area contributed by atoms with Crippen molar-refractivity contribution in [3.63, 3.8) is 0 Å². The number of hydrogen-bond acceptors (Lipinski definition) is 4. The lowest BCUT2D eigenvalue weighted by atomic mass is 9.94. The minimum absolute atomic E-state index is 0.0881. The maximum atomic E-state index is 12.1. The van der Waals surface area contributed by atoms with Gasteiger partial charge in [0.1, 0.15) is 5.76 Å². The summed E-state index contributed by atoms with van der Waals surface area (Å²) in [4.78, 5) is 23.9. The second-order valence-corrected chi connectivity index (χ2v) is 5.03. The van der Waals surface area contributed by atoms with Gasteiger partial charge in [0.2, 0.25) is 0 Å². The number of fused-ring (bicyclic) bond motifs is 1. The zero-order chi connectivity index (χ0) is 14.0. The fourth-order valence-corrected chi connectivity index (χ4v) is 2.29. The average Bonchev–Trinajstić information content (AvgIpc) is 2.74. The van der Waals surface area contributed by atoms with Crippen molar-refractivity contribution < 1.29 is 14.0 Å². The van der Waals surface area contributed by atoms with Crippen LogP contribution in [0.4, 0.5) is 0 Å². The summed E-state index contributed by atoms with van der Waals surface area (Å²) in [5.74, 6) is 0.788. The number of rotatable bonds is 4. The van der Waals surface area contributed by atoms with Gasteiger partial charge < -0.3 is 15.1 Å². The molecule has 5 heteroatoms. The number of aryl methyl sites for hydroxylation is 1. The lowest BCUT2D eigenvalue weighted by molar-refractivity contribution is 0.0916. The Hall–Kier alpha value is -1.62. The van der Waals surface area contributed by atoms with Gasteiger partial charge in [-0.3, -0.25) is 9.59 Å². The molecule has 104 valence electrons. The third-order valence-corrected chi connectivity index (χ3v) is 3.57. The van der Waals surface area contributed by atoms with E-state index in [1.54, 1.807) is 6.92 Å². The number of hydrogen-bond donors (Lipinski definition) is 2. The predicted molar refractivity (Wildman–Crippen MR) is 71.6 cm³/mol. The van der Waals surface area contributed by atoms with Gasteiger partial charge in [-0.05, 0) is 27.3 Å². The van der Waals surface area contributed by atoms with Gasteiger partial charge in [0, 0.05) is 31.0 Å². The van der Waals surface area contributed by atoms with E-state index in [-0.39, 0.29) is 23.5 Å². The number of likely N-dealkylation sites (N-methyl/N-ethyl adjacent to an activating group) is 1. The summed E-state index contributed by atoms with van der Waals surface area (Å²) in [6.45, 7) is 4.28. The zero-order valence-electron chi connectivity index (χ0n) is 11.6. The molecule has 0 aliphatic heterocycles. The molecule has 1 heterocycles. The number of furan rings is 1. The molecule has 1 aromatic heterocycles. The highest BCUT2D eigenvalue weighted by molar-refractivity contribution is 6.03. The molecule has 2 N–H and O–H groups in total. The topological polar surface area (TPSA) is 71.3 Å². The maximum Gasteiger partial charge on any atom is 0.287 e. The van der Waals surface area contributed by atoms with E-state index in [4.69, 9.17) is 4.42 Å². The predicted octanol–water partition coefficient (Wildman–Crippen LogP) is 1.44. The minimum Gasteiger partial charge on any atom is -0.455 e. The van der Waals surface area contributed by atoms with Gasteiger partial charge in [0.05, 0.1) is 5.56 Å². The molecular formula is C14H20N2O3. The molecule has 19 heavy (non-hydrogen) atoms. The van der Waals surface area contributed by atoms with E-state index in [1.807, 2.05) is 14.0 Å². The minimum atomic E-state index is -0.248. The van der Waals surface area contributed by atoms with Crippen LogP contribution in [0.3, 0.4) is 0 Å². The molecule has 0 radical (unpaired) electrons. The smallest absolute Gasteiger partial charge is 0.287 e. The zero-order valence-corrected chi connectivity index (χ0v) is 11.6. The van der Waals surface area contributed by atoms with Gasteiger partial charge in [-0.15, -0.1) is 0 Å². The molecule has 0 saturated heterocycles. The fourth-order valence-electron chi connectivity index (χ4n) is 2.29. The van der Waals surface area contributed by atoms with Gasteiger partial charge in [0.25, 0.3) is 5.91 Å². The van der Waals surface area contributed by atoms with Crippen LogP contribution in [-0.2, 0) is 6.42 Å². The summed E-state index contributed by atoms with van der Waals surface area (Å²) < 4.78 is 5.58. The average molecular weight is 264 g/mol. The lowest BCUT2D eigenvalue weighted by Crippen LogP contribution is -2.37. The lowest BCUT2D eigenvalue weighted by Gasteiger charge is -2.10. The van der Waals surface area contributed by atoms with Crippen LogP contribution < -0.4 is 10.6 Å². The molecule has 1 atom stereocenters. The summed E-state index contributed by atoms with van der Waals surface area (Å²) in [5.41, 5.74) is 1.30. The molecule has 1 amide bonds. The molecule has 0 aromatic carbocycles. The molecular weight excluding hydrogens is 244 g/mol. The van der Waals surface area contributed by atoms with Crippen molar-refractivity contribution in [2.24, 2.45) is 0 Å². The van der Waals surface area contributed by atoms with Gasteiger partial charge in [-0.2, -0.15) is 0 Å². The van der Waals surface area contributed by atoms with E-state index >= 15 is 0 Å². The summed E-state index contributed by atoms with van der Waals surface area (Å²) in [7, 11) is 1.84. The molecule has 2 rings (SSSR count). The Labute approximate surface area is 112 Å². The third kappa shape index (κ3) is 2.71. The fraction of sp³-hybridized carbons (Fsp3) is 0.571. The molecule has 0 saturated carbocycles. The second kappa shape index (κ2) is 5.57. The normalized spacial score (nSPS) is 16.1. The van der Waals surface area contributed by atoms with Crippen molar-refractivity contribution in [2.75, 3.05) is 13.6 Å². The Balaban J connectivity index is 2.17. The van der Waals surface area contributed by atoms with E-state index in [0.29, 0.717) is 29.9 Å². The highest BCUT2D eigenvalue weighted by atomic mass is 16.4. The van der Waals surface area contributed by atoms with Gasteiger partial charge in [-0.1, -0.05) is 0 Å². The Morgan fingerprint density at radius 3 is 2.79 bits per heavy atom. The van der Waals surface area contributed by atoms with E-state index in [9.17, 15) is 9.59 Å². The van der Waals surface area contributed by atoms with Crippen LogP contribution in [-0.4, -0.2) is 31.3 Å². The standard InChI is InChI=1S/C14H20N2O3/c1-8(15-3)7-16-14(18)13-9(2)12-10(17)5-4-6-11(12)19-13/h8,15H,4-7H2,1-3H3,(H,16,18). The SMILES string of the molecule is CNC(C)CNC(=O)c1oc2c(c1C)C(=O)CCC2. The molecule has 5 nitrogen and oxygen atoms in total. The van der Waals surface area contributed by atoms with Gasteiger partial charge in [0.15, 0.2) is 11.5 Å². The van der Waals surface area contributed by atoms with Crippen LogP contribution in [0.15, 0.2) is 4.42 Å². The van der Waals surface area contributed by atoms with Crippen molar-refractivity contribution in [3.05, 3.63) is 22.6 Å². The van der Waals surface area contributed by atoms with Crippen LogP contribution in [0.1, 0.15) is 52.0 Å². The molecule has 0 bridgehead atoms. The highest BCUT2D eigenvalue weighted by Gasteiger charge is 2.28. The van der Waals surface area contributed by atoms with Crippen molar-refractivity contribution in [1.29, 1.82) is 0 Å². The van der Waals surface area contributed by atoms with Crippen molar-refractivity contribution >= 4 is 11.7 Å². The highest BCUT2D eigenvalue weighted by Crippen LogP contribution is 2.29. The number of Topliss-reactive ketones (excluding diaryl/α,β-unsaturated/α-hetero) is 1. The van der Waals surface area contributed by atoms with Crippen molar-refractivity contribution in [2.45, 2.75) is 39.2 Å². The first kappa shape index (κ1) is 13.8. The Kier molecular flexibility index (Phi) is 4.04. The molecule has 1 aliphatic rings. The first-order chi connectivity index (χ1) is 9.04. The first-order valence-electron chi connectivity index (χ1n) is 6.65. The Bertz CT molecular complexity index is 505. The number of ketones is 1. The number of amides is 1. The van der Waals surface area contributed by atoms with Crippen LogP contribution in [0.25, 0.3) is 0 Å². The summed E-state index contributed by atoms with van der Waals surface area (Å²) >= 11 is 0. The quantitative estimate of drug-likeness (QED) is 0.863. The van der Waals surface area contributed by atoms with Crippen LogP contribution >= 0.6 is 0 Å². The Morgan fingerprint density at radius 2 is 2.16 bits per heavy atom. The molecule has 0 spiro atoms. The van der Waals surface area contributed by atoms with Crippen molar-refractivity contribution in [3.8, 4) is 0 Å². The Morgan fingerprint density at radius 1 is 1.42 bits per heavy atom. The van der Waals surface area contributed by atoms with Crippen LogP contribution in [0, 0.1) is 6.92 Å². The van der Waals surface area contributed by atoms with Gasteiger partial charge >= 0.3 is 0 Å². The second-order valence-electron chi connectivity index (χ2n) is 5.03. The molecule has 1 aromatic rings. The van der Waals surface area contributed by atoms with E-state index in [2.05, 4.69) is 10.6 Å². The summed E-state index contributed by atoms with van der Waals surface area (Å²) in [6.07, 6.45) is 2.09. The van der Waals surface area contributed by atoms with Crippen molar-refractivity contribution in [1.82, 2.24) is 10.6 Å². The van der Waals surface area contributed by atoms with Gasteiger partial charge in [-0.25, -0.2) is 0 Å². The first-order valence-corrected chi connectivity index (χ1v) is 6.65. The molecule has 0 fully saturated rings. The molecule has 1 aliphatic carbocycles. The summed E-state index contributed by atoms with van der Waals surface area (Å²) in [6, 6.07) is 0.190. The summed E-state index contributed by atoms with van der Waals surface area (Å²) in [5, 5.41) is 5.85. The largest absolute Gasteiger partial charge is 0.455 e. The van der Waals surface area contributed by atoms with E-state index in [1.165, 1.54) is 0 Å².